The maximum atomic E-state index is 12.9. The maximum absolute atomic E-state index is 12.9. The first-order chi connectivity index (χ1) is 19.4. The molecule has 2 fully saturated rings. The first-order valence-electron chi connectivity index (χ1n) is 13.8. The van der Waals surface area contributed by atoms with Gasteiger partial charge in [0.25, 0.3) is 5.91 Å². The molecule has 1 atom stereocenters. The minimum Gasteiger partial charge on any atom is -0.481 e. The molecule has 0 aromatic heterocycles. The number of hydrazine groups is 1. The number of carbonyl (C=O) groups excluding carboxylic acids is 1. The summed E-state index contributed by atoms with van der Waals surface area (Å²) < 4.78 is 38.8. The molecule has 12 heteroatoms. The monoisotopic (exact) mass is 615 g/mol. The summed E-state index contributed by atoms with van der Waals surface area (Å²) in [6.07, 6.45) is -2.84. The molecule has 4 rings (SSSR count). The van der Waals surface area contributed by atoms with Crippen LogP contribution in [0.15, 0.2) is 36.4 Å². The third-order valence-electron chi connectivity index (χ3n) is 7.94. The Morgan fingerprint density at radius 1 is 0.951 bits per heavy atom. The van der Waals surface area contributed by atoms with Crippen molar-refractivity contribution in [2.75, 3.05) is 32.7 Å². The molecule has 2 aliphatic rings. The van der Waals surface area contributed by atoms with Crippen molar-refractivity contribution in [3.05, 3.63) is 57.6 Å². The van der Waals surface area contributed by atoms with E-state index in [1.165, 1.54) is 4.90 Å². The van der Waals surface area contributed by atoms with Crippen LogP contribution in [0.4, 0.5) is 13.2 Å². The van der Waals surface area contributed by atoms with Crippen LogP contribution >= 0.6 is 23.2 Å². The van der Waals surface area contributed by atoms with Gasteiger partial charge in [-0.2, -0.15) is 13.2 Å². The lowest BCUT2D eigenvalue weighted by molar-refractivity contribution is -0.183. The highest BCUT2D eigenvalue weighted by Gasteiger charge is 2.41. The van der Waals surface area contributed by atoms with Crippen molar-refractivity contribution in [3.63, 3.8) is 0 Å². The van der Waals surface area contributed by atoms with Crippen LogP contribution in [0.1, 0.15) is 48.0 Å². The van der Waals surface area contributed by atoms with E-state index >= 15 is 0 Å². The van der Waals surface area contributed by atoms with Gasteiger partial charge in [-0.05, 0) is 79.5 Å². The van der Waals surface area contributed by atoms with Crippen LogP contribution in [0.3, 0.4) is 0 Å². The van der Waals surface area contributed by atoms with Crippen LogP contribution in [-0.4, -0.2) is 77.0 Å². The molecule has 0 radical (unpaired) electrons. The smallest absolute Gasteiger partial charge is 0.391 e. The number of piperidine rings is 2. The second-order valence-corrected chi connectivity index (χ2v) is 11.6. The zero-order valence-corrected chi connectivity index (χ0v) is 24.0. The number of amides is 1. The van der Waals surface area contributed by atoms with Gasteiger partial charge in [-0.25, -0.2) is 5.01 Å². The molecular formula is C29H34Cl2F3N3O4. The molecule has 3 N–H and O–H groups in total. The van der Waals surface area contributed by atoms with Crippen molar-refractivity contribution in [1.29, 1.82) is 0 Å². The number of hydrogen-bond acceptors (Lipinski definition) is 5. The summed E-state index contributed by atoms with van der Waals surface area (Å²) in [4.78, 5) is 26.2. The molecule has 7 nitrogen and oxygen atoms in total. The Labute approximate surface area is 247 Å². The number of carboxylic acids is 1. The molecule has 0 saturated carbocycles. The Morgan fingerprint density at radius 3 is 2.07 bits per heavy atom. The van der Waals surface area contributed by atoms with Crippen molar-refractivity contribution in [2.24, 2.45) is 11.8 Å². The average Bonchev–Trinajstić information content (AvgIpc) is 2.94. The van der Waals surface area contributed by atoms with E-state index < -0.39 is 24.0 Å². The zero-order chi connectivity index (χ0) is 29.7. The molecule has 2 aromatic carbocycles. The number of aliphatic carboxylic acids is 1. The minimum absolute atomic E-state index is 0.0627. The summed E-state index contributed by atoms with van der Waals surface area (Å²) >= 11 is 13.1. The zero-order valence-electron chi connectivity index (χ0n) is 22.5. The first-order valence-corrected chi connectivity index (χ1v) is 14.5. The van der Waals surface area contributed by atoms with Crippen molar-refractivity contribution < 1.29 is 33.0 Å². The summed E-state index contributed by atoms with van der Waals surface area (Å²) in [5.41, 5.74) is 5.58. The van der Waals surface area contributed by atoms with Crippen LogP contribution < -0.4 is 5.43 Å². The Hall–Kier alpha value is -2.37. The highest BCUT2D eigenvalue weighted by Crippen LogP contribution is 2.36. The number of aliphatic hydroxyl groups excluding tert-OH is 1. The fraction of sp³-hybridized carbons (Fsp3) is 0.517. The van der Waals surface area contributed by atoms with Crippen molar-refractivity contribution in [3.8, 4) is 11.1 Å². The first kappa shape index (κ1) is 31.6. The normalized spacial score (nSPS) is 18.4. The predicted molar refractivity (Wildman–Crippen MR) is 151 cm³/mol. The van der Waals surface area contributed by atoms with E-state index in [-0.39, 0.29) is 44.4 Å². The SMILES string of the molecule is O=C(O)C(CCNN1CCC(O)CC1)Cc1c(Cl)cc(-c2ccc(C(=O)N3CCC(C(F)(F)F)CC3)cc2)cc1Cl. The number of hydrogen-bond donors (Lipinski definition) is 3. The molecule has 2 heterocycles. The lowest BCUT2D eigenvalue weighted by atomic mass is 9.94. The van der Waals surface area contributed by atoms with Gasteiger partial charge >= 0.3 is 12.1 Å². The molecule has 0 aliphatic carbocycles. The maximum Gasteiger partial charge on any atom is 0.391 e. The highest BCUT2D eigenvalue weighted by molar-refractivity contribution is 6.36. The highest BCUT2D eigenvalue weighted by atomic mass is 35.5. The number of carboxylic acid groups (broad SMARTS) is 1. The molecule has 1 amide bonds. The number of alkyl halides is 3. The van der Waals surface area contributed by atoms with Gasteiger partial charge in [0.2, 0.25) is 0 Å². The second kappa shape index (κ2) is 13.7. The number of aliphatic hydroxyl groups is 1. The number of halogens is 5. The number of carbonyl (C=O) groups is 2. The third-order valence-corrected chi connectivity index (χ3v) is 8.62. The lowest BCUT2D eigenvalue weighted by Gasteiger charge is -2.33. The molecule has 2 aliphatic heterocycles. The lowest BCUT2D eigenvalue weighted by Crippen LogP contribution is -2.45. The van der Waals surface area contributed by atoms with Crippen LogP contribution in [0, 0.1) is 11.8 Å². The fourth-order valence-electron chi connectivity index (χ4n) is 5.34. The van der Waals surface area contributed by atoms with E-state index in [1.807, 2.05) is 5.01 Å². The summed E-state index contributed by atoms with van der Waals surface area (Å²) in [5, 5.41) is 22.1. The Bertz CT molecular complexity index is 1190. The number of rotatable bonds is 9. The number of nitrogens with one attached hydrogen (secondary N) is 1. The summed E-state index contributed by atoms with van der Waals surface area (Å²) in [6.45, 7) is 1.99. The standard InChI is InChI=1S/C29H34Cl2F3N3O4/c30-25-16-21(18-1-3-19(4-2-18)27(39)36-11-6-22(7-12-36)29(32,33)34)17-26(31)24(25)15-20(28(40)41)5-10-35-37-13-8-23(38)9-14-37/h1-4,16-17,20,22-23,35,38H,5-15H2,(H,40,41). The van der Waals surface area contributed by atoms with Crippen LogP contribution in [0.5, 0.6) is 0 Å². The van der Waals surface area contributed by atoms with Gasteiger partial charge in [-0.15, -0.1) is 0 Å². The summed E-state index contributed by atoms with van der Waals surface area (Å²) in [7, 11) is 0. The van der Waals surface area contributed by atoms with Crippen LogP contribution in [0.25, 0.3) is 11.1 Å². The molecule has 1 unspecified atom stereocenters. The number of nitrogens with zero attached hydrogens (tertiary/aromatic N) is 2. The quantitative estimate of drug-likeness (QED) is 0.337. The fourth-order valence-corrected chi connectivity index (χ4v) is 5.98. The van der Waals surface area contributed by atoms with Crippen molar-refractivity contribution >= 4 is 35.1 Å². The van der Waals surface area contributed by atoms with E-state index in [1.54, 1.807) is 36.4 Å². The molecule has 0 bridgehead atoms. The van der Waals surface area contributed by atoms with Crippen molar-refractivity contribution in [1.82, 2.24) is 15.3 Å². The predicted octanol–water partition coefficient (Wildman–Crippen LogP) is 5.67. The second-order valence-electron chi connectivity index (χ2n) is 10.8. The van der Waals surface area contributed by atoms with E-state index in [0.717, 1.165) is 5.56 Å². The number of benzene rings is 2. The van der Waals surface area contributed by atoms with Gasteiger partial charge in [-0.3, -0.25) is 15.0 Å². The third kappa shape index (κ3) is 8.35. The molecule has 2 saturated heterocycles. The molecule has 0 spiro atoms. The van der Waals surface area contributed by atoms with Gasteiger partial charge in [-0.1, -0.05) is 35.3 Å². The van der Waals surface area contributed by atoms with E-state index in [0.29, 0.717) is 65.6 Å². The Kier molecular flexibility index (Phi) is 10.6. The van der Waals surface area contributed by atoms with Gasteiger partial charge in [0, 0.05) is 48.3 Å². The largest absolute Gasteiger partial charge is 0.481 e. The topological polar surface area (TPSA) is 93.1 Å². The Balaban J connectivity index is 1.36. The van der Waals surface area contributed by atoms with Gasteiger partial charge in [0.05, 0.1) is 17.9 Å². The van der Waals surface area contributed by atoms with E-state index in [9.17, 15) is 33.0 Å². The molecule has 41 heavy (non-hydrogen) atoms. The Morgan fingerprint density at radius 2 is 1.54 bits per heavy atom. The molecule has 224 valence electrons. The summed E-state index contributed by atoms with van der Waals surface area (Å²) in [6, 6.07) is 10.1. The average molecular weight is 617 g/mol. The van der Waals surface area contributed by atoms with E-state index in [2.05, 4.69) is 5.43 Å². The van der Waals surface area contributed by atoms with Gasteiger partial charge in [0.1, 0.15) is 0 Å². The van der Waals surface area contributed by atoms with Crippen LogP contribution in [0.2, 0.25) is 10.0 Å². The van der Waals surface area contributed by atoms with Gasteiger partial charge in [0.15, 0.2) is 0 Å². The molecule has 2 aromatic rings. The minimum atomic E-state index is -4.24. The number of likely N-dealkylation sites (tertiary alicyclic amines) is 1. The van der Waals surface area contributed by atoms with E-state index in [4.69, 9.17) is 23.2 Å². The molecular weight excluding hydrogens is 582 g/mol. The van der Waals surface area contributed by atoms with Gasteiger partial charge < -0.3 is 15.1 Å². The van der Waals surface area contributed by atoms with Crippen molar-refractivity contribution in [2.45, 2.75) is 50.8 Å². The van der Waals surface area contributed by atoms with Crippen LogP contribution in [-0.2, 0) is 11.2 Å². The summed E-state index contributed by atoms with van der Waals surface area (Å²) in [5.74, 6) is -3.33.